The Bertz CT molecular complexity index is 727. The minimum Gasteiger partial charge on any atom is -0.302 e. The van der Waals surface area contributed by atoms with Crippen LogP contribution in [0.3, 0.4) is 0 Å². The maximum absolute atomic E-state index is 12.8. The zero-order chi connectivity index (χ0) is 17.4. The molecule has 2 aromatic rings. The van der Waals surface area contributed by atoms with Crippen molar-refractivity contribution in [3.63, 3.8) is 0 Å². The van der Waals surface area contributed by atoms with Gasteiger partial charge < -0.3 is 10.6 Å². The molecule has 1 aliphatic carbocycles. The third kappa shape index (κ3) is 2.84. The molecule has 2 atom stereocenters. The van der Waals surface area contributed by atoms with Gasteiger partial charge in [0, 0.05) is 29.1 Å². The molecule has 0 bridgehead atoms. The molecule has 2 N–H and O–H groups in total. The first kappa shape index (κ1) is 17.0. The number of rotatable bonds is 4. The lowest BCUT2D eigenvalue weighted by Crippen LogP contribution is -2.46. The van der Waals surface area contributed by atoms with Gasteiger partial charge in [0.1, 0.15) is 0 Å². The molecule has 2 unspecified atom stereocenters. The number of hydrogen-bond acceptors (Lipinski definition) is 6. The smallest absolute Gasteiger partial charge is 0.232 e. The van der Waals surface area contributed by atoms with Gasteiger partial charge in [0.05, 0.1) is 5.41 Å². The Balaban J connectivity index is 1.76. The van der Waals surface area contributed by atoms with Crippen LogP contribution in [0.15, 0.2) is 23.2 Å². The number of nitrogens with one attached hydrogen (secondary N) is 2. The molecule has 0 radical (unpaired) electrons. The second-order valence-electron chi connectivity index (χ2n) is 6.76. The van der Waals surface area contributed by atoms with Crippen molar-refractivity contribution in [3.8, 4) is 0 Å². The average molecular weight is 364 g/mol. The fourth-order valence-corrected chi connectivity index (χ4v) is 4.42. The zero-order valence-corrected chi connectivity index (χ0v) is 15.5. The van der Waals surface area contributed by atoms with E-state index in [1.54, 1.807) is 12.4 Å². The quantitative estimate of drug-likeness (QED) is 0.868. The van der Waals surface area contributed by atoms with Crippen molar-refractivity contribution in [1.29, 1.82) is 0 Å². The van der Waals surface area contributed by atoms with E-state index in [1.807, 2.05) is 31.5 Å². The first-order valence-electron chi connectivity index (χ1n) is 7.76. The lowest BCUT2D eigenvalue weighted by Gasteiger charge is -2.39. The number of carbonyl (C=O) groups is 2. The van der Waals surface area contributed by atoms with E-state index in [4.69, 9.17) is 0 Å². The highest BCUT2D eigenvalue weighted by atomic mass is 32.1. The summed E-state index contributed by atoms with van der Waals surface area (Å²) in [7, 11) is 0. The van der Waals surface area contributed by atoms with Gasteiger partial charge in [-0.2, -0.15) is 0 Å². The van der Waals surface area contributed by atoms with Crippen molar-refractivity contribution in [2.45, 2.75) is 33.6 Å². The average Bonchev–Trinajstić information content (AvgIpc) is 3.23. The minimum absolute atomic E-state index is 0.0688. The Morgan fingerprint density at radius 3 is 2.21 bits per heavy atom. The van der Waals surface area contributed by atoms with Crippen molar-refractivity contribution in [2.24, 2.45) is 16.7 Å². The summed E-state index contributed by atoms with van der Waals surface area (Å²) in [4.78, 5) is 33.7. The third-order valence-electron chi connectivity index (χ3n) is 5.36. The maximum Gasteiger partial charge on any atom is 0.232 e. The summed E-state index contributed by atoms with van der Waals surface area (Å²) in [5.41, 5.74) is -1.11. The molecule has 24 heavy (non-hydrogen) atoms. The number of amides is 2. The molecule has 2 aromatic heterocycles. The summed E-state index contributed by atoms with van der Waals surface area (Å²) in [6.07, 6.45) is 4.65. The van der Waals surface area contributed by atoms with Crippen LogP contribution < -0.4 is 10.6 Å². The van der Waals surface area contributed by atoms with Crippen molar-refractivity contribution >= 4 is 44.8 Å². The van der Waals surface area contributed by atoms with Gasteiger partial charge in [-0.15, -0.1) is 22.7 Å². The number of hydrogen-bond donors (Lipinski definition) is 2. The molecular formula is C16H20N4O2S2. The van der Waals surface area contributed by atoms with Crippen LogP contribution in [0.2, 0.25) is 0 Å². The van der Waals surface area contributed by atoms with E-state index in [0.29, 0.717) is 23.1 Å². The third-order valence-corrected chi connectivity index (χ3v) is 6.74. The second-order valence-corrected chi connectivity index (χ2v) is 8.55. The molecule has 2 heterocycles. The summed E-state index contributed by atoms with van der Waals surface area (Å²) in [5, 5.41) is 10.6. The van der Waals surface area contributed by atoms with E-state index in [1.165, 1.54) is 22.7 Å². The number of carbonyl (C=O) groups excluding carboxylic acids is 2. The number of aromatic nitrogens is 2. The summed E-state index contributed by atoms with van der Waals surface area (Å²) >= 11 is 2.78. The van der Waals surface area contributed by atoms with Crippen LogP contribution in [0.25, 0.3) is 0 Å². The minimum atomic E-state index is -0.635. The fourth-order valence-electron chi connectivity index (χ4n) is 3.36. The SMILES string of the molecule is CC1(C(=O)Nc2nccs2)CCC(C(=O)Nc2nccs2)C1(C)C. The molecule has 1 aliphatic rings. The van der Waals surface area contributed by atoms with Gasteiger partial charge in [-0.3, -0.25) is 9.59 Å². The summed E-state index contributed by atoms with van der Waals surface area (Å²) in [6.45, 7) is 5.92. The molecule has 0 spiro atoms. The van der Waals surface area contributed by atoms with Gasteiger partial charge in [-0.1, -0.05) is 20.8 Å². The van der Waals surface area contributed by atoms with Crippen molar-refractivity contribution in [2.75, 3.05) is 10.6 Å². The molecule has 8 heteroatoms. The first-order chi connectivity index (χ1) is 11.3. The van der Waals surface area contributed by atoms with Gasteiger partial charge >= 0.3 is 0 Å². The lowest BCUT2D eigenvalue weighted by atomic mass is 9.65. The molecule has 6 nitrogen and oxygen atoms in total. The fraction of sp³-hybridized carbons (Fsp3) is 0.500. The Morgan fingerprint density at radius 2 is 1.67 bits per heavy atom. The Kier molecular flexibility index (Phi) is 4.44. The van der Waals surface area contributed by atoms with Crippen molar-refractivity contribution < 1.29 is 9.59 Å². The monoisotopic (exact) mass is 364 g/mol. The summed E-state index contributed by atoms with van der Waals surface area (Å²) < 4.78 is 0. The Morgan fingerprint density at radius 1 is 1.08 bits per heavy atom. The van der Waals surface area contributed by atoms with E-state index >= 15 is 0 Å². The summed E-state index contributed by atoms with van der Waals surface area (Å²) in [5.74, 6) is -0.388. The van der Waals surface area contributed by atoms with Gasteiger partial charge in [0.25, 0.3) is 0 Å². The second kappa shape index (κ2) is 6.25. The standard InChI is InChI=1S/C16H20N4O2S2/c1-15(2)10(11(21)19-13-17-6-8-23-13)4-5-16(15,3)12(22)20-14-18-7-9-24-14/h6-10H,4-5H2,1-3H3,(H,17,19,21)(H,18,20,22). The summed E-state index contributed by atoms with van der Waals surface area (Å²) in [6, 6.07) is 0. The van der Waals surface area contributed by atoms with Crippen LogP contribution in [0.4, 0.5) is 10.3 Å². The molecule has 0 aromatic carbocycles. The topological polar surface area (TPSA) is 84.0 Å². The molecule has 0 aliphatic heterocycles. The van der Waals surface area contributed by atoms with E-state index < -0.39 is 10.8 Å². The largest absolute Gasteiger partial charge is 0.302 e. The molecular weight excluding hydrogens is 344 g/mol. The van der Waals surface area contributed by atoms with Gasteiger partial charge in [-0.05, 0) is 18.3 Å². The van der Waals surface area contributed by atoms with Crippen molar-refractivity contribution in [3.05, 3.63) is 23.2 Å². The van der Waals surface area contributed by atoms with Crippen LogP contribution in [-0.4, -0.2) is 21.8 Å². The highest BCUT2D eigenvalue weighted by Crippen LogP contribution is 2.56. The van der Waals surface area contributed by atoms with Crippen LogP contribution in [0, 0.1) is 16.7 Å². The Hall–Kier alpha value is -1.80. The number of nitrogens with zero attached hydrogens (tertiary/aromatic N) is 2. The van der Waals surface area contributed by atoms with Crippen molar-refractivity contribution in [1.82, 2.24) is 9.97 Å². The highest BCUT2D eigenvalue weighted by Gasteiger charge is 2.58. The van der Waals surface area contributed by atoms with E-state index in [0.717, 1.165) is 0 Å². The molecule has 128 valence electrons. The van der Waals surface area contributed by atoms with Crippen LogP contribution in [0.5, 0.6) is 0 Å². The van der Waals surface area contributed by atoms with Gasteiger partial charge in [0.15, 0.2) is 10.3 Å². The molecule has 0 saturated heterocycles. The predicted molar refractivity (Wildman–Crippen MR) is 96.1 cm³/mol. The van der Waals surface area contributed by atoms with Crippen LogP contribution >= 0.6 is 22.7 Å². The van der Waals surface area contributed by atoms with E-state index in [2.05, 4.69) is 20.6 Å². The molecule has 3 rings (SSSR count). The number of anilines is 2. The predicted octanol–water partition coefficient (Wildman–Crippen LogP) is 3.62. The molecule has 1 fully saturated rings. The van der Waals surface area contributed by atoms with E-state index in [-0.39, 0.29) is 17.7 Å². The van der Waals surface area contributed by atoms with Crippen LogP contribution in [-0.2, 0) is 9.59 Å². The Labute approximate surface area is 148 Å². The normalized spacial score (nSPS) is 25.4. The van der Waals surface area contributed by atoms with Gasteiger partial charge in [-0.25, -0.2) is 9.97 Å². The van der Waals surface area contributed by atoms with E-state index in [9.17, 15) is 9.59 Å². The first-order valence-corrected chi connectivity index (χ1v) is 9.52. The molecule has 2 amide bonds. The number of thiazole rings is 2. The lowest BCUT2D eigenvalue weighted by molar-refractivity contribution is -0.133. The maximum atomic E-state index is 12.8. The van der Waals surface area contributed by atoms with Gasteiger partial charge in [0.2, 0.25) is 11.8 Å². The van der Waals surface area contributed by atoms with Crippen LogP contribution in [0.1, 0.15) is 33.6 Å². The highest BCUT2D eigenvalue weighted by molar-refractivity contribution is 7.14. The molecule has 1 saturated carbocycles. The zero-order valence-electron chi connectivity index (χ0n) is 13.8.